The van der Waals surface area contributed by atoms with Crippen molar-refractivity contribution in [1.82, 2.24) is 0 Å². The van der Waals surface area contributed by atoms with Crippen LogP contribution in [-0.4, -0.2) is 16.8 Å². The molecule has 0 radical (unpaired) electrons. The van der Waals surface area contributed by atoms with Gasteiger partial charge in [-0.25, -0.2) is 16.8 Å². The van der Waals surface area contributed by atoms with Crippen LogP contribution >= 0.6 is 35.0 Å². The Balaban J connectivity index is 2.26. The number of thioether (sulfide) groups is 1. The largest absolute Gasteiger partial charge is 0.218 e. The number of sulfone groups is 2. The van der Waals surface area contributed by atoms with Gasteiger partial charge in [0.25, 0.3) is 0 Å². The van der Waals surface area contributed by atoms with Crippen molar-refractivity contribution >= 4 is 54.6 Å². The van der Waals surface area contributed by atoms with Crippen molar-refractivity contribution in [2.75, 3.05) is 0 Å². The molecular formula is C16H12Cl2O4S3. The second kappa shape index (κ2) is 7.55. The zero-order valence-corrected chi connectivity index (χ0v) is 16.6. The van der Waals surface area contributed by atoms with E-state index in [4.69, 9.17) is 23.2 Å². The fourth-order valence-corrected chi connectivity index (χ4v) is 5.96. The maximum atomic E-state index is 12.5. The van der Waals surface area contributed by atoms with Crippen molar-refractivity contribution in [3.63, 3.8) is 0 Å². The topological polar surface area (TPSA) is 68.3 Å². The molecule has 0 atom stereocenters. The van der Waals surface area contributed by atoms with Gasteiger partial charge in [-0.05, 0) is 48.5 Å². The molecule has 132 valence electrons. The zero-order chi connectivity index (χ0) is 18.8. The van der Waals surface area contributed by atoms with Gasteiger partial charge in [0.2, 0.25) is 19.7 Å². The highest BCUT2D eigenvalue weighted by molar-refractivity contribution is 8.27. The van der Waals surface area contributed by atoms with E-state index in [1.54, 1.807) is 0 Å². The first-order chi connectivity index (χ1) is 11.5. The third kappa shape index (κ3) is 4.48. The Morgan fingerprint density at radius 3 is 1.24 bits per heavy atom. The van der Waals surface area contributed by atoms with Gasteiger partial charge in [0, 0.05) is 10.0 Å². The summed E-state index contributed by atoms with van der Waals surface area (Å²) in [5.74, 6) is 0. The summed E-state index contributed by atoms with van der Waals surface area (Å²) >= 11 is 12.0. The van der Waals surface area contributed by atoms with Crippen LogP contribution in [0.3, 0.4) is 0 Å². The lowest BCUT2D eigenvalue weighted by Crippen LogP contribution is -2.05. The molecule has 0 aromatic heterocycles. The van der Waals surface area contributed by atoms with Crippen LogP contribution in [0.2, 0.25) is 10.0 Å². The molecule has 0 heterocycles. The van der Waals surface area contributed by atoms with Gasteiger partial charge in [-0.2, -0.15) is 0 Å². The molecule has 2 aromatic rings. The lowest BCUT2D eigenvalue weighted by atomic mass is 10.4. The maximum absolute atomic E-state index is 12.5. The predicted octanol–water partition coefficient (Wildman–Crippen LogP) is 4.92. The monoisotopic (exact) mass is 434 g/mol. The summed E-state index contributed by atoms with van der Waals surface area (Å²) in [5, 5.41) is 0.763. The second-order valence-corrected chi connectivity index (χ2v) is 11.3. The Kier molecular flexibility index (Phi) is 6.06. The maximum Gasteiger partial charge on any atom is 0.212 e. The van der Waals surface area contributed by atoms with Gasteiger partial charge in [0.15, 0.2) is 0 Å². The normalized spacial score (nSPS) is 11.9. The van der Waals surface area contributed by atoms with Crippen LogP contribution in [0.25, 0.3) is 0 Å². The Hall–Kier alpha value is -1.25. The fraction of sp³-hybridized carbons (Fsp3) is 0. The van der Waals surface area contributed by atoms with Gasteiger partial charge >= 0.3 is 0 Å². The molecule has 0 aliphatic rings. The lowest BCUT2D eigenvalue weighted by molar-refractivity contribution is 0.603. The number of halogens is 2. The van der Waals surface area contributed by atoms with E-state index in [1.807, 2.05) is 0 Å². The Morgan fingerprint density at radius 1 is 0.680 bits per heavy atom. The standard InChI is InChI=1S/C16H12Cl2O4S3/c1-11(24(19,20)15-7-3-13(17)4-8-15)23-12(2)25(21,22)16-9-5-14(18)6-10-16/h3-10H,1-2H2. The van der Waals surface area contributed by atoms with E-state index in [-0.39, 0.29) is 18.3 Å². The van der Waals surface area contributed by atoms with Crippen LogP contribution in [0, 0.1) is 0 Å². The van der Waals surface area contributed by atoms with Crippen molar-refractivity contribution in [1.29, 1.82) is 0 Å². The van der Waals surface area contributed by atoms with Crippen molar-refractivity contribution in [2.45, 2.75) is 9.79 Å². The molecule has 2 aromatic carbocycles. The molecule has 25 heavy (non-hydrogen) atoms. The smallest absolute Gasteiger partial charge is 0.212 e. The number of hydrogen-bond acceptors (Lipinski definition) is 5. The van der Waals surface area contributed by atoms with Gasteiger partial charge in [-0.1, -0.05) is 48.1 Å². The third-order valence-corrected chi connectivity index (χ3v) is 8.84. The molecule has 0 bridgehead atoms. The second-order valence-electron chi connectivity index (χ2n) is 4.76. The SMILES string of the molecule is C=C(SC(=C)S(=O)(=O)c1ccc(Cl)cc1)S(=O)(=O)c1ccc(Cl)cc1. The summed E-state index contributed by atoms with van der Waals surface area (Å²) in [6, 6.07) is 11.0. The first kappa shape index (κ1) is 20.1. The quantitative estimate of drug-likeness (QED) is 0.645. The Morgan fingerprint density at radius 2 is 0.960 bits per heavy atom. The van der Waals surface area contributed by atoms with Crippen molar-refractivity contribution in [2.24, 2.45) is 0 Å². The van der Waals surface area contributed by atoms with Crippen LogP contribution in [0.5, 0.6) is 0 Å². The molecule has 4 nitrogen and oxygen atoms in total. The molecule has 0 N–H and O–H groups in total. The Labute approximate surface area is 161 Å². The van der Waals surface area contributed by atoms with Gasteiger partial charge in [0.1, 0.15) is 8.47 Å². The van der Waals surface area contributed by atoms with E-state index in [9.17, 15) is 16.8 Å². The van der Waals surface area contributed by atoms with Crippen molar-refractivity contribution in [3.8, 4) is 0 Å². The van der Waals surface area contributed by atoms with Gasteiger partial charge in [-0.3, -0.25) is 0 Å². The minimum absolute atomic E-state index is 0.0360. The van der Waals surface area contributed by atoms with E-state index >= 15 is 0 Å². The Bertz CT molecular complexity index is 938. The van der Waals surface area contributed by atoms with E-state index in [2.05, 4.69) is 13.2 Å². The van der Waals surface area contributed by atoms with Crippen LogP contribution < -0.4 is 0 Å². The fourth-order valence-electron chi connectivity index (χ4n) is 1.73. The lowest BCUT2D eigenvalue weighted by Gasteiger charge is -2.10. The summed E-state index contributed by atoms with van der Waals surface area (Å²) in [7, 11) is -7.87. The van der Waals surface area contributed by atoms with Crippen molar-refractivity contribution in [3.05, 3.63) is 80.2 Å². The van der Waals surface area contributed by atoms with Crippen LogP contribution in [-0.2, 0) is 19.7 Å². The van der Waals surface area contributed by atoms with Crippen molar-refractivity contribution < 1.29 is 16.8 Å². The highest BCUT2D eigenvalue weighted by Gasteiger charge is 2.26. The average Bonchev–Trinajstić information content (AvgIpc) is 2.55. The molecule has 2 rings (SSSR count). The molecule has 0 fully saturated rings. The first-order valence-electron chi connectivity index (χ1n) is 6.62. The van der Waals surface area contributed by atoms with E-state index in [0.717, 1.165) is 0 Å². The predicted molar refractivity (Wildman–Crippen MR) is 103 cm³/mol. The number of hydrogen-bond donors (Lipinski definition) is 0. The number of rotatable bonds is 6. The van der Waals surface area contributed by atoms with Gasteiger partial charge in [0.05, 0.1) is 9.79 Å². The number of benzene rings is 2. The van der Waals surface area contributed by atoms with Crippen LogP contribution in [0.15, 0.2) is 80.0 Å². The summed E-state index contributed by atoms with van der Waals surface area (Å²) in [4.78, 5) is -0.0721. The minimum atomic E-state index is -3.94. The van der Waals surface area contributed by atoms with E-state index in [1.165, 1.54) is 48.5 Å². The minimum Gasteiger partial charge on any atom is -0.218 e. The van der Waals surface area contributed by atoms with Crippen LogP contribution in [0.4, 0.5) is 0 Å². The van der Waals surface area contributed by atoms with E-state index < -0.39 is 19.7 Å². The van der Waals surface area contributed by atoms with Crippen LogP contribution in [0.1, 0.15) is 0 Å². The molecule has 0 saturated carbocycles. The first-order valence-corrected chi connectivity index (χ1v) is 11.2. The molecule has 0 aliphatic heterocycles. The zero-order valence-electron chi connectivity index (χ0n) is 12.6. The summed E-state index contributed by atoms with van der Waals surface area (Å²) in [6.45, 7) is 6.96. The molecule has 0 spiro atoms. The molecule has 0 unspecified atom stereocenters. The molecular weight excluding hydrogens is 423 g/mol. The summed E-state index contributed by atoms with van der Waals surface area (Å²) in [5.41, 5.74) is 0. The molecule has 9 heteroatoms. The average molecular weight is 435 g/mol. The van der Waals surface area contributed by atoms with E-state index in [0.29, 0.717) is 21.8 Å². The highest BCUT2D eigenvalue weighted by Crippen LogP contribution is 2.37. The summed E-state index contributed by atoms with van der Waals surface area (Å²) in [6.07, 6.45) is 0. The highest BCUT2D eigenvalue weighted by atomic mass is 35.5. The van der Waals surface area contributed by atoms with Gasteiger partial charge < -0.3 is 0 Å². The molecule has 0 amide bonds. The molecule has 0 aliphatic carbocycles. The third-order valence-electron chi connectivity index (χ3n) is 3.08. The van der Waals surface area contributed by atoms with Gasteiger partial charge in [-0.15, -0.1) is 0 Å². The summed E-state index contributed by atoms with van der Waals surface area (Å²) < 4.78 is 49.2. The molecule has 0 saturated heterocycles.